The molecule has 0 radical (unpaired) electrons. The van der Waals surface area contributed by atoms with Gasteiger partial charge in [-0.25, -0.2) is 8.42 Å². The fourth-order valence-electron chi connectivity index (χ4n) is 2.28. The van der Waals surface area contributed by atoms with Crippen LogP contribution >= 0.6 is 0 Å². The Kier molecular flexibility index (Phi) is 4.31. The topological polar surface area (TPSA) is 113 Å². The quantitative estimate of drug-likeness (QED) is 0.797. The van der Waals surface area contributed by atoms with E-state index in [2.05, 4.69) is 4.98 Å². The van der Waals surface area contributed by atoms with Crippen LogP contribution in [0, 0.1) is 11.3 Å². The minimum absolute atomic E-state index is 0.0543. The number of anilines is 1. The summed E-state index contributed by atoms with van der Waals surface area (Å²) in [7, 11) is -0.313. The molecular weight excluding hydrogens is 336 g/mol. The number of hydrogen-bond donors (Lipinski definition) is 0. The van der Waals surface area contributed by atoms with Crippen LogP contribution in [0.3, 0.4) is 0 Å². The molecular formula is C14H16N4O5S. The summed E-state index contributed by atoms with van der Waals surface area (Å²) in [5.41, 5.74) is 0.101. The minimum Gasteiger partial charge on any atom is -0.438 e. The average Bonchev–Trinajstić information content (AvgIpc) is 3.22. The molecule has 3 rings (SSSR count). The first-order chi connectivity index (χ1) is 11.4. The van der Waals surface area contributed by atoms with E-state index in [4.69, 9.17) is 18.8 Å². The second-order valence-electron chi connectivity index (χ2n) is 5.31. The van der Waals surface area contributed by atoms with Crippen molar-refractivity contribution < 1.29 is 22.0 Å². The number of aromatic nitrogens is 1. The molecule has 1 saturated heterocycles. The van der Waals surface area contributed by atoms with E-state index in [1.165, 1.54) is 16.4 Å². The number of sulfonamides is 1. The van der Waals surface area contributed by atoms with E-state index in [1.807, 2.05) is 6.07 Å². The van der Waals surface area contributed by atoms with Gasteiger partial charge in [0.2, 0.25) is 16.7 Å². The van der Waals surface area contributed by atoms with Gasteiger partial charge in [-0.1, -0.05) is 0 Å². The summed E-state index contributed by atoms with van der Waals surface area (Å²) in [6.07, 6.45) is 0. The standard InChI is InChI=1S/C14H16N4O5S/c1-17(2)14-10(9-15)16-13(23-14)11-3-4-12(22-11)24(19,20)18-5-7-21-8-6-18/h3-4H,5-8H2,1-2H3. The van der Waals surface area contributed by atoms with Crippen LogP contribution in [-0.4, -0.2) is 58.1 Å². The van der Waals surface area contributed by atoms with Crippen LogP contribution in [0.4, 0.5) is 5.88 Å². The van der Waals surface area contributed by atoms with Crippen molar-refractivity contribution in [1.82, 2.24) is 9.29 Å². The Morgan fingerprint density at radius 1 is 1.25 bits per heavy atom. The highest BCUT2D eigenvalue weighted by Crippen LogP contribution is 2.30. The van der Waals surface area contributed by atoms with Crippen LogP contribution in [0.5, 0.6) is 0 Å². The van der Waals surface area contributed by atoms with Crippen molar-refractivity contribution in [3.05, 3.63) is 17.8 Å². The molecule has 3 heterocycles. The fourth-order valence-corrected chi connectivity index (χ4v) is 3.60. The van der Waals surface area contributed by atoms with Crippen molar-refractivity contribution >= 4 is 15.9 Å². The molecule has 0 amide bonds. The molecule has 9 nitrogen and oxygen atoms in total. The molecule has 0 aliphatic carbocycles. The number of furan rings is 1. The number of nitriles is 1. The van der Waals surface area contributed by atoms with Crippen LogP contribution in [0.15, 0.2) is 26.1 Å². The molecule has 0 atom stereocenters. The van der Waals surface area contributed by atoms with Gasteiger partial charge in [0, 0.05) is 27.2 Å². The number of ether oxygens (including phenoxy) is 1. The number of morpholine rings is 1. The SMILES string of the molecule is CN(C)c1oc(-c2ccc(S(=O)(=O)N3CCOCC3)o2)nc1C#N. The Labute approximate surface area is 139 Å². The second kappa shape index (κ2) is 6.27. The second-order valence-corrected chi connectivity index (χ2v) is 7.18. The maximum atomic E-state index is 12.5. The van der Waals surface area contributed by atoms with E-state index >= 15 is 0 Å². The molecule has 0 aromatic carbocycles. The van der Waals surface area contributed by atoms with Gasteiger partial charge in [0.25, 0.3) is 15.9 Å². The van der Waals surface area contributed by atoms with Gasteiger partial charge in [-0.2, -0.15) is 14.6 Å². The molecule has 1 aliphatic rings. The summed E-state index contributed by atoms with van der Waals surface area (Å²) >= 11 is 0. The van der Waals surface area contributed by atoms with Crippen LogP contribution < -0.4 is 4.90 Å². The first-order valence-corrected chi connectivity index (χ1v) is 8.64. The van der Waals surface area contributed by atoms with Gasteiger partial charge >= 0.3 is 0 Å². The number of hydrogen-bond acceptors (Lipinski definition) is 8. The summed E-state index contributed by atoms with van der Waals surface area (Å²) in [5, 5.41) is 8.90. The van der Waals surface area contributed by atoms with Crippen molar-refractivity contribution in [2.75, 3.05) is 45.3 Å². The molecule has 1 fully saturated rings. The lowest BCUT2D eigenvalue weighted by Crippen LogP contribution is -2.40. The van der Waals surface area contributed by atoms with Crippen molar-refractivity contribution in [2.24, 2.45) is 0 Å². The summed E-state index contributed by atoms with van der Waals surface area (Å²) < 4.78 is 42.5. The molecule has 0 bridgehead atoms. The van der Waals surface area contributed by atoms with Gasteiger partial charge in [0.1, 0.15) is 6.07 Å². The Balaban J connectivity index is 1.92. The Hall–Kier alpha value is -2.35. The molecule has 128 valence electrons. The van der Waals surface area contributed by atoms with Gasteiger partial charge < -0.3 is 18.5 Å². The Bertz CT molecular complexity index is 871. The Morgan fingerprint density at radius 3 is 2.54 bits per heavy atom. The zero-order valence-electron chi connectivity index (χ0n) is 13.2. The summed E-state index contributed by atoms with van der Waals surface area (Å²) in [5.74, 6) is 0.478. The van der Waals surface area contributed by atoms with E-state index in [-0.39, 0.29) is 41.4 Å². The summed E-state index contributed by atoms with van der Waals surface area (Å²) in [6.45, 7) is 1.26. The van der Waals surface area contributed by atoms with Gasteiger partial charge in [0.15, 0.2) is 5.76 Å². The molecule has 1 aliphatic heterocycles. The van der Waals surface area contributed by atoms with Crippen molar-refractivity contribution in [2.45, 2.75) is 5.09 Å². The maximum absolute atomic E-state index is 12.5. The summed E-state index contributed by atoms with van der Waals surface area (Å²) in [4.78, 5) is 5.64. The number of oxazole rings is 1. The van der Waals surface area contributed by atoms with Crippen molar-refractivity contribution in [3.8, 4) is 17.7 Å². The highest BCUT2D eigenvalue weighted by Gasteiger charge is 2.30. The zero-order chi connectivity index (χ0) is 17.3. The Morgan fingerprint density at radius 2 is 1.96 bits per heavy atom. The lowest BCUT2D eigenvalue weighted by molar-refractivity contribution is 0.0724. The third-order valence-electron chi connectivity index (χ3n) is 3.48. The first kappa shape index (κ1) is 16.5. The summed E-state index contributed by atoms with van der Waals surface area (Å²) in [6, 6.07) is 4.74. The van der Waals surface area contributed by atoms with Crippen molar-refractivity contribution in [1.29, 1.82) is 5.26 Å². The third kappa shape index (κ3) is 2.89. The zero-order valence-corrected chi connectivity index (χ0v) is 14.0. The average molecular weight is 352 g/mol. The molecule has 24 heavy (non-hydrogen) atoms. The molecule has 2 aromatic rings. The highest BCUT2D eigenvalue weighted by atomic mass is 32.2. The first-order valence-electron chi connectivity index (χ1n) is 7.20. The van der Waals surface area contributed by atoms with Crippen molar-refractivity contribution in [3.63, 3.8) is 0 Å². The van der Waals surface area contributed by atoms with E-state index in [0.717, 1.165) is 0 Å². The number of rotatable bonds is 4. The van der Waals surface area contributed by atoms with Gasteiger partial charge in [-0.05, 0) is 12.1 Å². The van der Waals surface area contributed by atoms with Crippen LogP contribution in [0.25, 0.3) is 11.7 Å². The molecule has 0 unspecified atom stereocenters. The van der Waals surface area contributed by atoms with Gasteiger partial charge in [-0.3, -0.25) is 0 Å². The predicted octanol–water partition coefficient (Wildman–Crippen LogP) is 0.893. The molecule has 0 spiro atoms. The lowest BCUT2D eigenvalue weighted by atomic mass is 10.4. The van der Waals surface area contributed by atoms with Gasteiger partial charge in [-0.15, -0.1) is 0 Å². The van der Waals surface area contributed by atoms with Gasteiger partial charge in [0.05, 0.1) is 13.2 Å². The third-order valence-corrected chi connectivity index (χ3v) is 5.25. The maximum Gasteiger partial charge on any atom is 0.276 e. The monoisotopic (exact) mass is 352 g/mol. The van der Waals surface area contributed by atoms with E-state index < -0.39 is 10.0 Å². The minimum atomic E-state index is -3.73. The molecule has 0 saturated carbocycles. The normalized spacial score (nSPS) is 16.0. The number of nitrogens with zero attached hydrogens (tertiary/aromatic N) is 4. The van der Waals surface area contributed by atoms with Crippen LogP contribution in [0.2, 0.25) is 0 Å². The van der Waals surface area contributed by atoms with Crippen LogP contribution in [0.1, 0.15) is 5.69 Å². The van der Waals surface area contributed by atoms with E-state index in [9.17, 15) is 8.42 Å². The smallest absolute Gasteiger partial charge is 0.276 e. The highest BCUT2D eigenvalue weighted by molar-refractivity contribution is 7.89. The van der Waals surface area contributed by atoms with Crippen LogP contribution in [-0.2, 0) is 14.8 Å². The predicted molar refractivity (Wildman–Crippen MR) is 82.8 cm³/mol. The molecule has 0 N–H and O–H groups in total. The fraction of sp³-hybridized carbons (Fsp3) is 0.429. The largest absolute Gasteiger partial charge is 0.438 e. The lowest BCUT2D eigenvalue weighted by Gasteiger charge is -2.24. The molecule has 10 heteroatoms. The van der Waals surface area contributed by atoms with E-state index in [0.29, 0.717) is 13.2 Å². The van der Waals surface area contributed by atoms with E-state index in [1.54, 1.807) is 19.0 Å². The molecule has 2 aromatic heterocycles.